The number of anilines is 3. The number of urea groups is 1. The van der Waals surface area contributed by atoms with Crippen molar-refractivity contribution in [2.24, 2.45) is 0 Å². The molecule has 1 aliphatic carbocycles. The predicted octanol–water partition coefficient (Wildman–Crippen LogP) is 4.27. The van der Waals surface area contributed by atoms with Gasteiger partial charge >= 0.3 is 6.03 Å². The SMILES string of the molecule is CCOc1cccc(N2Cc3cnc(NC4CCC(N(C)C)CC4)nc3N(CC)C2=O)c1F. The van der Waals surface area contributed by atoms with Gasteiger partial charge in [-0.05, 0) is 65.8 Å². The molecule has 8 nitrogen and oxygen atoms in total. The Kier molecular flexibility index (Phi) is 6.97. The topological polar surface area (TPSA) is 73.8 Å². The zero-order valence-corrected chi connectivity index (χ0v) is 19.8. The van der Waals surface area contributed by atoms with Gasteiger partial charge in [0.05, 0.1) is 18.8 Å². The van der Waals surface area contributed by atoms with Gasteiger partial charge in [-0.15, -0.1) is 0 Å². The monoisotopic (exact) mass is 456 g/mol. The number of hydrogen-bond donors (Lipinski definition) is 1. The highest BCUT2D eigenvalue weighted by atomic mass is 19.1. The molecule has 1 aromatic carbocycles. The second-order valence-corrected chi connectivity index (χ2v) is 8.79. The van der Waals surface area contributed by atoms with Crippen molar-refractivity contribution in [1.82, 2.24) is 14.9 Å². The molecular formula is C24H33FN6O2. The van der Waals surface area contributed by atoms with Crippen LogP contribution in [0.3, 0.4) is 0 Å². The highest BCUT2D eigenvalue weighted by Gasteiger charge is 2.34. The summed E-state index contributed by atoms with van der Waals surface area (Å²) in [5.74, 6) is 0.710. The van der Waals surface area contributed by atoms with E-state index in [1.807, 2.05) is 6.92 Å². The van der Waals surface area contributed by atoms with Gasteiger partial charge in [0.25, 0.3) is 0 Å². The number of carbonyl (C=O) groups excluding carboxylic acids is 1. The molecule has 4 rings (SSSR count). The first-order valence-electron chi connectivity index (χ1n) is 11.7. The molecule has 33 heavy (non-hydrogen) atoms. The highest BCUT2D eigenvalue weighted by Crippen LogP contribution is 2.35. The molecule has 9 heteroatoms. The molecule has 2 aromatic rings. The van der Waals surface area contributed by atoms with Gasteiger partial charge < -0.3 is 15.0 Å². The summed E-state index contributed by atoms with van der Waals surface area (Å²) >= 11 is 0. The molecule has 1 fully saturated rings. The Morgan fingerprint density at radius 2 is 1.97 bits per heavy atom. The van der Waals surface area contributed by atoms with Crippen LogP contribution in [-0.2, 0) is 6.54 Å². The average molecular weight is 457 g/mol. The van der Waals surface area contributed by atoms with E-state index in [0.29, 0.717) is 37.0 Å². The van der Waals surface area contributed by atoms with Crippen LogP contribution >= 0.6 is 0 Å². The van der Waals surface area contributed by atoms with Crippen molar-refractivity contribution in [1.29, 1.82) is 0 Å². The second kappa shape index (κ2) is 9.91. The minimum absolute atomic E-state index is 0.136. The Balaban J connectivity index is 1.55. The third kappa shape index (κ3) is 4.73. The molecule has 0 unspecified atom stereocenters. The molecule has 1 aliphatic heterocycles. The zero-order valence-electron chi connectivity index (χ0n) is 19.8. The Bertz CT molecular complexity index is 993. The van der Waals surface area contributed by atoms with Crippen LogP contribution in [0.5, 0.6) is 5.75 Å². The van der Waals surface area contributed by atoms with E-state index in [1.54, 1.807) is 36.2 Å². The van der Waals surface area contributed by atoms with Crippen molar-refractivity contribution >= 4 is 23.5 Å². The maximum Gasteiger partial charge on any atom is 0.330 e. The number of benzene rings is 1. The van der Waals surface area contributed by atoms with E-state index in [-0.39, 0.29) is 24.0 Å². The molecule has 0 radical (unpaired) electrons. The Labute approximate surface area is 194 Å². The van der Waals surface area contributed by atoms with Gasteiger partial charge in [-0.1, -0.05) is 6.07 Å². The maximum atomic E-state index is 15.0. The zero-order chi connectivity index (χ0) is 23.5. The van der Waals surface area contributed by atoms with Crippen LogP contribution in [0.15, 0.2) is 24.4 Å². The summed E-state index contributed by atoms with van der Waals surface area (Å²) in [7, 11) is 4.26. The fourth-order valence-electron chi connectivity index (χ4n) is 4.65. The van der Waals surface area contributed by atoms with Gasteiger partial charge in [0.2, 0.25) is 5.95 Å². The maximum absolute atomic E-state index is 15.0. The summed E-state index contributed by atoms with van der Waals surface area (Å²) in [5, 5.41) is 3.45. The fraction of sp³-hybridized carbons (Fsp3) is 0.542. The number of carbonyl (C=O) groups is 1. The third-order valence-electron chi connectivity index (χ3n) is 6.50. The molecule has 0 bridgehead atoms. The number of nitrogens with zero attached hydrogens (tertiary/aromatic N) is 5. The van der Waals surface area contributed by atoms with Crippen molar-refractivity contribution in [2.75, 3.05) is 42.4 Å². The summed E-state index contributed by atoms with van der Waals surface area (Å²) < 4.78 is 20.4. The number of nitrogens with one attached hydrogen (secondary N) is 1. The van der Waals surface area contributed by atoms with E-state index in [9.17, 15) is 4.79 Å². The quantitative estimate of drug-likeness (QED) is 0.671. The minimum atomic E-state index is -0.542. The van der Waals surface area contributed by atoms with Gasteiger partial charge in [0.1, 0.15) is 5.82 Å². The Hall–Kier alpha value is -2.94. The average Bonchev–Trinajstić information content (AvgIpc) is 2.81. The number of aromatic nitrogens is 2. The van der Waals surface area contributed by atoms with Crippen molar-refractivity contribution < 1.29 is 13.9 Å². The molecule has 0 atom stereocenters. The van der Waals surface area contributed by atoms with E-state index in [0.717, 1.165) is 31.2 Å². The number of fused-ring (bicyclic) bond motifs is 1. The fourth-order valence-corrected chi connectivity index (χ4v) is 4.65. The standard InChI is InChI=1S/C24H33FN6O2/c1-5-30-22-16(14-26-23(28-22)27-17-10-12-18(13-11-17)29(3)4)15-31(24(30)32)19-8-7-9-20(21(19)25)33-6-2/h7-9,14,17-18H,5-6,10-13,15H2,1-4H3,(H,26,27,28). The molecular weight excluding hydrogens is 423 g/mol. The largest absolute Gasteiger partial charge is 0.491 e. The van der Waals surface area contributed by atoms with Gasteiger partial charge in [-0.2, -0.15) is 4.98 Å². The molecule has 0 spiro atoms. The van der Waals surface area contributed by atoms with E-state index in [1.165, 1.54) is 4.90 Å². The predicted molar refractivity (Wildman–Crippen MR) is 128 cm³/mol. The van der Waals surface area contributed by atoms with Crippen LogP contribution < -0.4 is 19.9 Å². The Morgan fingerprint density at radius 3 is 2.64 bits per heavy atom. The van der Waals surface area contributed by atoms with Crippen LogP contribution in [-0.4, -0.2) is 60.2 Å². The van der Waals surface area contributed by atoms with Crippen molar-refractivity contribution in [3.05, 3.63) is 35.8 Å². The lowest BCUT2D eigenvalue weighted by Crippen LogP contribution is -2.48. The van der Waals surface area contributed by atoms with Crippen LogP contribution in [0, 0.1) is 5.82 Å². The number of ether oxygens (including phenoxy) is 1. The lowest BCUT2D eigenvalue weighted by molar-refractivity contribution is 0.221. The van der Waals surface area contributed by atoms with E-state index < -0.39 is 5.82 Å². The lowest BCUT2D eigenvalue weighted by Gasteiger charge is -2.36. The molecule has 1 saturated carbocycles. The van der Waals surface area contributed by atoms with Crippen molar-refractivity contribution in [2.45, 2.75) is 58.2 Å². The molecule has 0 saturated heterocycles. The smallest absolute Gasteiger partial charge is 0.330 e. The van der Waals surface area contributed by atoms with Crippen LogP contribution in [0.2, 0.25) is 0 Å². The molecule has 2 heterocycles. The molecule has 2 aliphatic rings. The summed E-state index contributed by atoms with van der Waals surface area (Å²) in [6, 6.07) is 5.48. The number of halogens is 1. The van der Waals surface area contributed by atoms with Crippen LogP contribution in [0.1, 0.15) is 45.1 Å². The van der Waals surface area contributed by atoms with Crippen molar-refractivity contribution in [3.8, 4) is 5.75 Å². The number of amides is 2. The van der Waals surface area contributed by atoms with Crippen LogP contribution in [0.25, 0.3) is 0 Å². The van der Waals surface area contributed by atoms with Gasteiger partial charge in [0, 0.05) is 30.4 Å². The summed E-state index contributed by atoms with van der Waals surface area (Å²) in [6.45, 7) is 4.64. The third-order valence-corrected chi connectivity index (χ3v) is 6.50. The first-order valence-corrected chi connectivity index (χ1v) is 11.7. The molecule has 2 amide bonds. The Morgan fingerprint density at radius 1 is 1.21 bits per heavy atom. The second-order valence-electron chi connectivity index (χ2n) is 8.79. The van der Waals surface area contributed by atoms with E-state index in [4.69, 9.17) is 4.74 Å². The summed E-state index contributed by atoms with van der Waals surface area (Å²) in [5.41, 5.74) is 0.967. The number of rotatable bonds is 7. The normalized spacial score (nSPS) is 20.7. The first kappa shape index (κ1) is 23.2. The van der Waals surface area contributed by atoms with Gasteiger partial charge in [0.15, 0.2) is 11.6 Å². The lowest BCUT2D eigenvalue weighted by atomic mass is 9.91. The summed E-state index contributed by atoms with van der Waals surface area (Å²) in [4.78, 5) is 27.8. The van der Waals surface area contributed by atoms with Gasteiger partial charge in [-0.25, -0.2) is 14.2 Å². The van der Waals surface area contributed by atoms with E-state index in [2.05, 4.69) is 34.3 Å². The highest BCUT2D eigenvalue weighted by molar-refractivity contribution is 6.05. The van der Waals surface area contributed by atoms with Gasteiger partial charge in [-0.3, -0.25) is 9.80 Å². The summed E-state index contributed by atoms with van der Waals surface area (Å²) in [6.07, 6.45) is 6.13. The molecule has 178 valence electrons. The van der Waals surface area contributed by atoms with Crippen molar-refractivity contribution in [3.63, 3.8) is 0 Å². The minimum Gasteiger partial charge on any atom is -0.491 e. The van der Waals surface area contributed by atoms with Crippen LogP contribution in [0.4, 0.5) is 26.6 Å². The molecule has 1 N–H and O–H groups in total. The first-order chi connectivity index (χ1) is 15.9. The number of hydrogen-bond acceptors (Lipinski definition) is 6. The molecule has 1 aromatic heterocycles. The van der Waals surface area contributed by atoms with E-state index >= 15 is 4.39 Å².